The first kappa shape index (κ1) is 55.3. The number of fused-ring (bicyclic) bond motifs is 12. The number of aryl methyl sites for hydroxylation is 1. The van der Waals surface area contributed by atoms with E-state index in [1.54, 1.807) is 0 Å². The van der Waals surface area contributed by atoms with Gasteiger partial charge in [0.05, 0.1) is 28.1 Å². The molecule has 0 radical (unpaired) electrons. The lowest BCUT2D eigenvalue weighted by molar-refractivity contribution is 0.590. The Labute approximate surface area is 519 Å². The van der Waals surface area contributed by atoms with Crippen molar-refractivity contribution in [3.8, 4) is 16.8 Å². The minimum absolute atomic E-state index is 0.0141. The first-order chi connectivity index (χ1) is 41.2. The molecule has 0 atom stereocenters. The van der Waals surface area contributed by atoms with Gasteiger partial charge in [-0.25, -0.2) is 0 Å². The molecule has 12 aromatic rings. The fourth-order valence-corrected chi connectivity index (χ4v) is 15.6. The van der Waals surface area contributed by atoms with Crippen molar-refractivity contribution in [1.82, 2.24) is 4.57 Å². The van der Waals surface area contributed by atoms with Gasteiger partial charge in [-0.2, -0.15) is 0 Å². The molecule has 87 heavy (non-hydrogen) atoms. The Morgan fingerprint density at radius 3 is 1.57 bits per heavy atom. The highest BCUT2D eigenvalue weighted by Gasteiger charge is 2.47. The molecular formula is C81H79BN4S. The molecule has 0 aliphatic carbocycles. The zero-order valence-corrected chi connectivity index (χ0v) is 54.5. The van der Waals surface area contributed by atoms with Crippen molar-refractivity contribution >= 4 is 128 Å². The molecule has 10 aromatic carbocycles. The SMILES string of the molecule is Cc1cc2c3c(c1)N1c4c(cc(C(C)(C)C)cc4-n4c5ccc(C(C)(C)C)cc5c5cc(C(C)(C)C)cc1c54)B3c1ccc(N(c3ccc(C(C)(C)C)cc3)c3ccc(C(C)(C)C)cc3)cc1N2c1ccc(-c2cccc3sc4ccccc4c23)cc1. The quantitative estimate of drug-likeness (QED) is 0.160. The normalized spacial score (nSPS) is 13.9. The molecule has 0 fully saturated rings. The standard InChI is InChI=1S/C81H79BN4S/c1-48-40-67-74-68(41-48)86-69-45-53(80(11,12)13)43-62-61-42-52(79(8,9)10)30-39-65(61)85(75(62)69)70-46-54(81(14,15)16)44-64(76(70)86)82(74)63-38-37-58(83(55-33-26-50(27-34-55)77(2,3)4)56-35-28-51(29-36-56)78(5,6)7)47-66(63)84(67)57-31-24-49(25-32-57)59-21-19-23-72-73(59)60-20-17-18-22-71(60)87-72/h17-47H,1-16H3. The summed E-state index contributed by atoms with van der Waals surface area (Å²) in [5.74, 6) is 0. The Morgan fingerprint density at radius 1 is 0.391 bits per heavy atom. The molecular weight excluding hydrogens is 1070 g/mol. The molecule has 6 heteroatoms. The number of hydrogen-bond acceptors (Lipinski definition) is 4. The molecule has 3 aliphatic rings. The molecule has 432 valence electrons. The smallest absolute Gasteiger partial charge is 0.252 e. The fraction of sp³-hybridized carbons (Fsp3) is 0.259. The molecule has 0 amide bonds. The third-order valence-electron chi connectivity index (χ3n) is 19.3. The summed E-state index contributed by atoms with van der Waals surface area (Å²) in [6, 6.07) is 73.7. The van der Waals surface area contributed by atoms with Crippen molar-refractivity contribution in [3.05, 3.63) is 221 Å². The molecule has 5 heterocycles. The minimum Gasteiger partial charge on any atom is -0.311 e. The van der Waals surface area contributed by atoms with Gasteiger partial charge < -0.3 is 19.3 Å². The first-order valence-corrected chi connectivity index (χ1v) is 32.2. The van der Waals surface area contributed by atoms with Gasteiger partial charge in [0, 0.05) is 70.8 Å². The largest absolute Gasteiger partial charge is 0.311 e. The van der Waals surface area contributed by atoms with E-state index in [9.17, 15) is 0 Å². The number of benzene rings is 10. The van der Waals surface area contributed by atoms with Crippen LogP contribution in [0.15, 0.2) is 188 Å². The average molecular weight is 1150 g/mol. The van der Waals surface area contributed by atoms with Crippen molar-refractivity contribution < 1.29 is 0 Å². The summed E-state index contributed by atoms with van der Waals surface area (Å²) in [5, 5.41) is 5.26. The van der Waals surface area contributed by atoms with Crippen LogP contribution in [0.25, 0.3) is 58.8 Å². The number of aromatic nitrogens is 1. The van der Waals surface area contributed by atoms with Crippen molar-refractivity contribution in [3.63, 3.8) is 0 Å². The van der Waals surface area contributed by atoms with Crippen LogP contribution in [0.2, 0.25) is 0 Å². The first-order valence-electron chi connectivity index (χ1n) is 31.4. The lowest BCUT2D eigenvalue weighted by atomic mass is 9.33. The molecule has 4 nitrogen and oxygen atoms in total. The van der Waals surface area contributed by atoms with Gasteiger partial charge in [0.25, 0.3) is 6.71 Å². The maximum Gasteiger partial charge on any atom is 0.252 e. The van der Waals surface area contributed by atoms with Crippen LogP contribution in [-0.2, 0) is 27.1 Å². The van der Waals surface area contributed by atoms with Crippen LogP contribution in [-0.4, -0.2) is 11.3 Å². The molecule has 3 aliphatic heterocycles. The molecule has 0 spiro atoms. The molecule has 0 saturated carbocycles. The Balaban J connectivity index is 1.02. The van der Waals surface area contributed by atoms with Crippen LogP contribution < -0.4 is 31.1 Å². The summed E-state index contributed by atoms with van der Waals surface area (Å²) in [6.45, 7) is 37.3. The molecule has 0 unspecified atom stereocenters. The highest BCUT2D eigenvalue weighted by atomic mass is 32.1. The summed E-state index contributed by atoms with van der Waals surface area (Å²) in [5.41, 5.74) is 28.5. The fourth-order valence-electron chi connectivity index (χ4n) is 14.4. The van der Waals surface area contributed by atoms with Gasteiger partial charge >= 0.3 is 0 Å². The van der Waals surface area contributed by atoms with Crippen LogP contribution in [0, 0.1) is 6.92 Å². The number of nitrogens with zero attached hydrogens (tertiary/aromatic N) is 4. The number of rotatable bonds is 5. The number of thiophene rings is 1. The van der Waals surface area contributed by atoms with E-state index in [0.29, 0.717) is 0 Å². The maximum absolute atomic E-state index is 2.71. The molecule has 2 aromatic heterocycles. The van der Waals surface area contributed by atoms with Crippen molar-refractivity contribution in [1.29, 1.82) is 0 Å². The summed E-state index contributed by atoms with van der Waals surface area (Å²) < 4.78 is 5.29. The van der Waals surface area contributed by atoms with Crippen molar-refractivity contribution in [2.24, 2.45) is 0 Å². The van der Waals surface area contributed by atoms with Crippen LogP contribution in [0.3, 0.4) is 0 Å². The van der Waals surface area contributed by atoms with E-state index in [1.807, 2.05) is 11.3 Å². The topological polar surface area (TPSA) is 14.7 Å². The highest BCUT2D eigenvalue weighted by Crippen LogP contribution is 2.55. The second kappa shape index (κ2) is 18.8. The van der Waals surface area contributed by atoms with Gasteiger partial charge in [-0.05, 0) is 198 Å². The summed E-state index contributed by atoms with van der Waals surface area (Å²) in [6.07, 6.45) is 0. The van der Waals surface area contributed by atoms with Gasteiger partial charge in [-0.15, -0.1) is 11.3 Å². The Morgan fingerprint density at radius 2 is 0.943 bits per heavy atom. The lowest BCUT2D eigenvalue weighted by Crippen LogP contribution is -2.62. The van der Waals surface area contributed by atoms with Crippen molar-refractivity contribution in [2.75, 3.05) is 14.7 Å². The second-order valence-electron chi connectivity index (χ2n) is 30.5. The molecule has 0 N–H and O–H groups in total. The lowest BCUT2D eigenvalue weighted by Gasteiger charge is -2.47. The zero-order chi connectivity index (χ0) is 60.8. The predicted molar refractivity (Wildman–Crippen MR) is 380 cm³/mol. The van der Waals surface area contributed by atoms with E-state index in [-0.39, 0.29) is 33.8 Å². The van der Waals surface area contributed by atoms with Gasteiger partial charge in [0.2, 0.25) is 0 Å². The van der Waals surface area contributed by atoms with E-state index >= 15 is 0 Å². The molecule has 15 rings (SSSR count). The van der Waals surface area contributed by atoms with E-state index in [2.05, 4.69) is 318 Å². The van der Waals surface area contributed by atoms with Crippen molar-refractivity contribution in [2.45, 2.75) is 138 Å². The minimum atomic E-state index is -0.148. The Bertz CT molecular complexity index is 4770. The van der Waals surface area contributed by atoms with Gasteiger partial charge in [0.15, 0.2) is 0 Å². The number of hydrogen-bond donors (Lipinski definition) is 0. The maximum atomic E-state index is 2.71. The predicted octanol–water partition coefficient (Wildman–Crippen LogP) is 21.5. The number of anilines is 9. The van der Waals surface area contributed by atoms with E-state index in [4.69, 9.17) is 0 Å². The zero-order valence-electron chi connectivity index (χ0n) is 53.7. The van der Waals surface area contributed by atoms with E-state index < -0.39 is 0 Å². The molecule has 0 bridgehead atoms. The van der Waals surface area contributed by atoms with Gasteiger partial charge in [0.1, 0.15) is 0 Å². The van der Waals surface area contributed by atoms with Gasteiger partial charge in [-0.3, -0.25) is 0 Å². The summed E-state index contributed by atoms with van der Waals surface area (Å²) in [4.78, 5) is 7.80. The second-order valence-corrected chi connectivity index (χ2v) is 31.5. The highest BCUT2D eigenvalue weighted by molar-refractivity contribution is 7.26. The van der Waals surface area contributed by atoms with Crippen LogP contribution in [0.4, 0.5) is 51.2 Å². The van der Waals surface area contributed by atoms with Crippen LogP contribution >= 0.6 is 11.3 Å². The van der Waals surface area contributed by atoms with Gasteiger partial charge in [-0.1, -0.05) is 189 Å². The third-order valence-corrected chi connectivity index (χ3v) is 20.4. The van der Waals surface area contributed by atoms with E-state index in [1.165, 1.54) is 137 Å². The average Bonchev–Trinajstić information content (AvgIpc) is 1.68. The van der Waals surface area contributed by atoms with Crippen LogP contribution in [0.1, 0.15) is 137 Å². The Kier molecular flexibility index (Phi) is 12.0. The van der Waals surface area contributed by atoms with E-state index in [0.717, 1.165) is 22.7 Å². The monoisotopic (exact) mass is 1150 g/mol. The summed E-state index contributed by atoms with van der Waals surface area (Å²) >= 11 is 1.88. The third kappa shape index (κ3) is 8.66. The Hall–Kier alpha value is -8.32. The molecule has 0 saturated heterocycles. The summed E-state index contributed by atoms with van der Waals surface area (Å²) in [7, 11) is 0. The van der Waals surface area contributed by atoms with Crippen LogP contribution in [0.5, 0.6) is 0 Å².